The molecule has 3 aliphatic heterocycles. The van der Waals surface area contributed by atoms with E-state index in [4.69, 9.17) is 16.3 Å². The molecule has 1 spiro atoms. The van der Waals surface area contributed by atoms with Crippen LogP contribution in [0, 0.1) is 6.92 Å². The van der Waals surface area contributed by atoms with E-state index in [2.05, 4.69) is 4.90 Å². The number of benzene rings is 2. The number of amides is 3. The zero-order valence-electron chi connectivity index (χ0n) is 19.7. The van der Waals surface area contributed by atoms with E-state index in [-0.39, 0.29) is 23.7 Å². The number of hydrogen-bond acceptors (Lipinski definition) is 6. The molecule has 1 atom stereocenters. The molecule has 3 aliphatic rings. The van der Waals surface area contributed by atoms with Crippen LogP contribution in [0.15, 0.2) is 42.5 Å². The first-order valence-electron chi connectivity index (χ1n) is 11.7. The molecular weight excluding hydrogens is 488 g/mol. The molecule has 2 aromatic rings. The Morgan fingerprint density at radius 2 is 1.86 bits per heavy atom. The SMILES string of the molecule is CCOC(=O)N1CCN(CN2C(=O)[C@]3(SCC(=O)N3c3ccc(C)c(Cl)c3)c3ccccc32)CC1. The number of ether oxygens (including phenoxy) is 1. The Morgan fingerprint density at radius 1 is 1.11 bits per heavy atom. The Kier molecular flexibility index (Phi) is 6.41. The number of fused-ring (bicyclic) bond motifs is 2. The highest BCUT2D eigenvalue weighted by Crippen LogP contribution is 2.55. The highest BCUT2D eigenvalue weighted by Gasteiger charge is 2.61. The summed E-state index contributed by atoms with van der Waals surface area (Å²) >= 11 is 7.75. The molecular formula is C25H27ClN4O4S. The van der Waals surface area contributed by atoms with E-state index in [0.29, 0.717) is 50.2 Å². The molecule has 0 bridgehead atoms. The Labute approximate surface area is 213 Å². The van der Waals surface area contributed by atoms with Gasteiger partial charge in [0.25, 0.3) is 5.91 Å². The topological polar surface area (TPSA) is 73.4 Å². The molecule has 35 heavy (non-hydrogen) atoms. The lowest BCUT2D eigenvalue weighted by atomic mass is 10.0. The van der Waals surface area contributed by atoms with Gasteiger partial charge >= 0.3 is 6.09 Å². The molecule has 0 aromatic heterocycles. The van der Waals surface area contributed by atoms with Crippen molar-refractivity contribution in [1.29, 1.82) is 0 Å². The van der Waals surface area contributed by atoms with E-state index in [0.717, 1.165) is 16.8 Å². The summed E-state index contributed by atoms with van der Waals surface area (Å²) in [6.45, 7) is 6.75. The maximum absolute atomic E-state index is 14.2. The van der Waals surface area contributed by atoms with E-state index in [9.17, 15) is 14.4 Å². The van der Waals surface area contributed by atoms with Crippen LogP contribution in [0.1, 0.15) is 18.1 Å². The van der Waals surface area contributed by atoms with Gasteiger partial charge in [0, 0.05) is 42.5 Å². The van der Waals surface area contributed by atoms with Gasteiger partial charge in [0.05, 0.1) is 24.7 Å². The number of aryl methyl sites for hydroxylation is 1. The number of carbonyl (C=O) groups is 3. The predicted octanol–water partition coefficient (Wildman–Crippen LogP) is 3.66. The number of carbonyl (C=O) groups excluding carboxylic acids is 3. The van der Waals surface area contributed by atoms with Gasteiger partial charge in [-0.15, -0.1) is 11.8 Å². The maximum Gasteiger partial charge on any atom is 0.409 e. The van der Waals surface area contributed by atoms with Gasteiger partial charge in [-0.1, -0.05) is 35.9 Å². The Hall–Kier alpha value is -2.75. The van der Waals surface area contributed by atoms with Crippen LogP contribution < -0.4 is 9.80 Å². The summed E-state index contributed by atoms with van der Waals surface area (Å²) in [5, 5.41) is 0.553. The van der Waals surface area contributed by atoms with Crippen LogP contribution in [0.4, 0.5) is 16.2 Å². The smallest absolute Gasteiger partial charge is 0.409 e. The Balaban J connectivity index is 1.44. The van der Waals surface area contributed by atoms with Crippen molar-refractivity contribution in [3.63, 3.8) is 0 Å². The minimum absolute atomic E-state index is 0.122. The van der Waals surface area contributed by atoms with Gasteiger partial charge in [-0.2, -0.15) is 0 Å². The Morgan fingerprint density at radius 3 is 2.57 bits per heavy atom. The van der Waals surface area contributed by atoms with Crippen LogP contribution in [-0.4, -0.2) is 72.9 Å². The molecule has 8 nitrogen and oxygen atoms in total. The quantitative estimate of drug-likeness (QED) is 0.620. The molecule has 0 N–H and O–H groups in total. The molecule has 5 rings (SSSR count). The molecule has 2 aromatic carbocycles. The monoisotopic (exact) mass is 514 g/mol. The highest BCUT2D eigenvalue weighted by atomic mass is 35.5. The van der Waals surface area contributed by atoms with Gasteiger partial charge in [0.15, 0.2) is 0 Å². The lowest BCUT2D eigenvalue weighted by Gasteiger charge is -2.37. The van der Waals surface area contributed by atoms with E-state index in [1.165, 1.54) is 11.8 Å². The fraction of sp³-hybridized carbons (Fsp3) is 0.400. The zero-order chi connectivity index (χ0) is 24.7. The molecule has 0 aliphatic carbocycles. The van der Waals surface area contributed by atoms with Crippen LogP contribution in [0.2, 0.25) is 5.02 Å². The lowest BCUT2D eigenvalue weighted by molar-refractivity contribution is -0.124. The molecule has 2 fully saturated rings. The predicted molar refractivity (Wildman–Crippen MR) is 137 cm³/mol. The van der Waals surface area contributed by atoms with Crippen LogP contribution in [-0.2, 0) is 19.2 Å². The van der Waals surface area contributed by atoms with Gasteiger partial charge in [0.2, 0.25) is 10.8 Å². The van der Waals surface area contributed by atoms with Crippen molar-refractivity contribution in [2.45, 2.75) is 18.7 Å². The number of rotatable bonds is 4. The second-order valence-corrected chi connectivity index (χ2v) is 10.4. The van der Waals surface area contributed by atoms with Gasteiger partial charge < -0.3 is 9.64 Å². The summed E-state index contributed by atoms with van der Waals surface area (Å²) in [6, 6.07) is 13.1. The van der Waals surface area contributed by atoms with Gasteiger partial charge in [-0.3, -0.25) is 24.3 Å². The molecule has 0 radical (unpaired) electrons. The van der Waals surface area contributed by atoms with Crippen LogP contribution >= 0.6 is 23.4 Å². The van der Waals surface area contributed by atoms with E-state index in [1.807, 2.05) is 43.3 Å². The number of hydrogen-bond donors (Lipinski definition) is 0. The number of para-hydroxylation sites is 1. The number of anilines is 2. The van der Waals surface area contributed by atoms with Gasteiger partial charge in [-0.25, -0.2) is 4.79 Å². The first kappa shape index (κ1) is 24.0. The maximum atomic E-state index is 14.2. The third kappa shape index (κ3) is 3.95. The minimum atomic E-state index is -1.17. The van der Waals surface area contributed by atoms with Gasteiger partial charge in [-0.05, 0) is 37.6 Å². The van der Waals surface area contributed by atoms with E-state index < -0.39 is 4.87 Å². The van der Waals surface area contributed by atoms with E-state index >= 15 is 0 Å². The van der Waals surface area contributed by atoms with Crippen molar-refractivity contribution in [1.82, 2.24) is 9.80 Å². The molecule has 3 amide bonds. The van der Waals surface area contributed by atoms with Crippen LogP contribution in [0.25, 0.3) is 0 Å². The number of thioether (sulfide) groups is 1. The summed E-state index contributed by atoms with van der Waals surface area (Å²) in [5.74, 6) is -0.0560. The average Bonchev–Trinajstić information content (AvgIpc) is 3.32. The summed E-state index contributed by atoms with van der Waals surface area (Å²) in [5.41, 5.74) is 3.13. The molecule has 0 unspecified atom stereocenters. The van der Waals surface area contributed by atoms with Crippen LogP contribution in [0.3, 0.4) is 0 Å². The average molecular weight is 515 g/mol. The third-order valence-corrected chi connectivity index (χ3v) is 8.51. The van der Waals surface area contributed by atoms with Crippen LogP contribution in [0.5, 0.6) is 0 Å². The third-order valence-electron chi connectivity index (χ3n) is 6.72. The fourth-order valence-electron chi connectivity index (χ4n) is 4.90. The van der Waals surface area contributed by atoms with Crippen molar-refractivity contribution < 1.29 is 19.1 Å². The first-order valence-corrected chi connectivity index (χ1v) is 13.0. The normalized spacial score (nSPS) is 22.3. The lowest BCUT2D eigenvalue weighted by Crippen LogP contribution is -2.55. The van der Waals surface area contributed by atoms with Crippen molar-refractivity contribution in [3.8, 4) is 0 Å². The second-order valence-electron chi connectivity index (χ2n) is 8.79. The van der Waals surface area contributed by atoms with Crippen molar-refractivity contribution in [3.05, 3.63) is 58.6 Å². The summed E-state index contributed by atoms with van der Waals surface area (Å²) in [7, 11) is 0. The second kappa shape index (κ2) is 9.37. The fourth-order valence-corrected chi connectivity index (χ4v) is 6.44. The van der Waals surface area contributed by atoms with Gasteiger partial charge in [0.1, 0.15) is 0 Å². The van der Waals surface area contributed by atoms with E-state index in [1.54, 1.807) is 27.7 Å². The number of nitrogens with zero attached hydrogens (tertiary/aromatic N) is 4. The number of halogens is 1. The first-order chi connectivity index (χ1) is 16.9. The van der Waals surface area contributed by atoms with Crippen molar-refractivity contribution in [2.24, 2.45) is 0 Å². The molecule has 0 saturated carbocycles. The molecule has 2 saturated heterocycles. The number of piperazine rings is 1. The molecule has 184 valence electrons. The van der Waals surface area contributed by atoms with Crippen molar-refractivity contribution >= 4 is 52.6 Å². The zero-order valence-corrected chi connectivity index (χ0v) is 21.3. The summed E-state index contributed by atoms with van der Waals surface area (Å²) in [4.78, 5) is 45.4. The molecule has 3 heterocycles. The highest BCUT2D eigenvalue weighted by molar-refractivity contribution is 8.02. The Bertz CT molecular complexity index is 1190. The van der Waals surface area contributed by atoms with Crippen molar-refractivity contribution in [2.75, 3.05) is 55.0 Å². The summed E-state index contributed by atoms with van der Waals surface area (Å²) < 4.78 is 5.11. The standard InChI is InChI=1S/C25H27ClN4O4S/c1-3-34-24(33)28-12-10-27(11-13-28)16-29-21-7-5-4-6-19(21)25(23(29)32)30(22(31)15-35-25)18-9-8-17(2)20(26)14-18/h4-9,14H,3,10-13,15-16H2,1-2H3/t25-/m1/s1. The minimum Gasteiger partial charge on any atom is -0.450 e. The largest absolute Gasteiger partial charge is 0.450 e. The summed E-state index contributed by atoms with van der Waals surface area (Å²) in [6.07, 6.45) is -0.304. The molecule has 10 heteroatoms.